The monoisotopic (exact) mass is 257 g/mol. The minimum Gasteiger partial charge on any atom is -0.392 e. The van der Waals surface area contributed by atoms with Gasteiger partial charge in [-0.2, -0.15) is 0 Å². The maximum atomic E-state index is 11.7. The normalized spacial score (nSPS) is 12.1. The average Bonchev–Trinajstić information content (AvgIpc) is 2.23. The van der Waals surface area contributed by atoms with Gasteiger partial charge in [0.05, 0.1) is 22.5 Å². The van der Waals surface area contributed by atoms with E-state index in [9.17, 15) is 9.90 Å². The number of pyridine rings is 1. The minimum atomic E-state index is -0.569. The van der Waals surface area contributed by atoms with Gasteiger partial charge in [-0.05, 0) is 19.9 Å². The Balaban J connectivity index is 2.71. The highest BCUT2D eigenvalue weighted by molar-refractivity contribution is 6.34. The van der Waals surface area contributed by atoms with E-state index < -0.39 is 6.10 Å². The van der Waals surface area contributed by atoms with E-state index in [0.29, 0.717) is 16.4 Å². The van der Waals surface area contributed by atoms with Crippen LogP contribution in [0.15, 0.2) is 12.3 Å². The van der Waals surface area contributed by atoms with E-state index in [1.165, 1.54) is 4.90 Å². The molecule has 0 saturated heterocycles. The number of likely N-dealkylation sites (N-methyl/N-ethyl adjacent to an activating group) is 1. The summed E-state index contributed by atoms with van der Waals surface area (Å²) in [5, 5.41) is 12.3. The zero-order valence-corrected chi connectivity index (χ0v) is 10.8. The number of amides is 2. The van der Waals surface area contributed by atoms with Gasteiger partial charge in [0.15, 0.2) is 0 Å². The highest BCUT2D eigenvalue weighted by Gasteiger charge is 2.13. The molecule has 2 amide bonds. The first-order chi connectivity index (χ1) is 7.91. The predicted molar refractivity (Wildman–Crippen MR) is 67.3 cm³/mol. The number of halogens is 1. The highest BCUT2D eigenvalue weighted by Crippen LogP contribution is 2.23. The van der Waals surface area contributed by atoms with Gasteiger partial charge in [0.25, 0.3) is 0 Å². The molecule has 0 bridgehead atoms. The lowest BCUT2D eigenvalue weighted by Crippen LogP contribution is -2.36. The van der Waals surface area contributed by atoms with Crippen LogP contribution in [0.4, 0.5) is 10.5 Å². The summed E-state index contributed by atoms with van der Waals surface area (Å²) in [4.78, 5) is 17.1. The van der Waals surface area contributed by atoms with Crippen LogP contribution in [0.25, 0.3) is 0 Å². The Hall–Kier alpha value is -1.33. The van der Waals surface area contributed by atoms with Gasteiger partial charge in [0, 0.05) is 19.8 Å². The summed E-state index contributed by atoms with van der Waals surface area (Å²) in [5.74, 6) is 0. The van der Waals surface area contributed by atoms with E-state index in [2.05, 4.69) is 10.3 Å². The van der Waals surface area contributed by atoms with Gasteiger partial charge in [-0.15, -0.1) is 0 Å². The molecular formula is C11H16ClN3O2. The number of aliphatic hydroxyl groups excluding tert-OH is 1. The quantitative estimate of drug-likeness (QED) is 0.869. The summed E-state index contributed by atoms with van der Waals surface area (Å²) in [6.45, 7) is 3.64. The van der Waals surface area contributed by atoms with Gasteiger partial charge >= 0.3 is 6.03 Å². The van der Waals surface area contributed by atoms with Crippen LogP contribution in [0.5, 0.6) is 0 Å². The Labute approximate surface area is 105 Å². The molecule has 1 aromatic heterocycles. The van der Waals surface area contributed by atoms with Gasteiger partial charge in [0.1, 0.15) is 0 Å². The molecule has 0 unspecified atom stereocenters. The van der Waals surface area contributed by atoms with Crippen molar-refractivity contribution in [1.29, 1.82) is 0 Å². The first-order valence-electron chi connectivity index (χ1n) is 5.23. The number of urea groups is 1. The van der Waals surface area contributed by atoms with E-state index in [0.717, 1.165) is 0 Å². The van der Waals surface area contributed by atoms with Crippen molar-refractivity contribution in [2.24, 2.45) is 0 Å². The SMILES string of the molecule is Cc1nccc(NC(=O)N(C)C[C@@H](C)O)c1Cl. The molecule has 1 rings (SSSR count). The van der Waals surface area contributed by atoms with Crippen molar-refractivity contribution in [3.8, 4) is 0 Å². The molecule has 5 nitrogen and oxygen atoms in total. The zero-order chi connectivity index (χ0) is 13.0. The number of nitrogens with one attached hydrogen (secondary N) is 1. The fourth-order valence-corrected chi connectivity index (χ4v) is 1.49. The molecule has 0 aromatic carbocycles. The molecule has 1 heterocycles. The Bertz CT molecular complexity index is 410. The molecular weight excluding hydrogens is 242 g/mol. The lowest BCUT2D eigenvalue weighted by molar-refractivity contribution is 0.149. The summed E-state index contributed by atoms with van der Waals surface area (Å²) >= 11 is 6.00. The summed E-state index contributed by atoms with van der Waals surface area (Å²) in [5.41, 5.74) is 1.17. The fourth-order valence-electron chi connectivity index (χ4n) is 1.33. The number of aromatic nitrogens is 1. The van der Waals surface area contributed by atoms with E-state index in [-0.39, 0.29) is 12.6 Å². The number of aryl methyl sites for hydroxylation is 1. The number of anilines is 1. The number of rotatable bonds is 3. The molecule has 17 heavy (non-hydrogen) atoms. The number of hydrogen-bond donors (Lipinski definition) is 2. The van der Waals surface area contributed by atoms with Gasteiger partial charge in [-0.25, -0.2) is 4.79 Å². The number of carbonyl (C=O) groups excluding carboxylic acids is 1. The largest absolute Gasteiger partial charge is 0.392 e. The third kappa shape index (κ3) is 3.87. The second-order valence-electron chi connectivity index (χ2n) is 3.92. The standard InChI is InChI=1S/C11H16ClN3O2/c1-7(16)6-15(3)11(17)14-9-4-5-13-8(2)10(9)12/h4-5,7,16H,6H2,1-3H3,(H,13,14,17)/t7-/m1/s1. The lowest BCUT2D eigenvalue weighted by atomic mass is 10.3. The first kappa shape index (κ1) is 13.7. The van der Waals surface area contributed by atoms with Crippen LogP contribution in [0.2, 0.25) is 5.02 Å². The van der Waals surface area contributed by atoms with Crippen LogP contribution in [0.1, 0.15) is 12.6 Å². The molecule has 0 radical (unpaired) electrons. The van der Waals surface area contributed by atoms with Gasteiger partial charge in [0.2, 0.25) is 0 Å². The van der Waals surface area contributed by atoms with Crippen molar-refractivity contribution < 1.29 is 9.90 Å². The Kier molecular flexibility index (Phi) is 4.72. The highest BCUT2D eigenvalue weighted by atomic mass is 35.5. The Morgan fingerprint density at radius 3 is 2.94 bits per heavy atom. The van der Waals surface area contributed by atoms with E-state index in [4.69, 9.17) is 11.6 Å². The lowest BCUT2D eigenvalue weighted by Gasteiger charge is -2.19. The van der Waals surface area contributed by atoms with Gasteiger partial charge in [-0.3, -0.25) is 4.98 Å². The maximum absolute atomic E-state index is 11.7. The molecule has 6 heteroatoms. The van der Waals surface area contributed by atoms with Crippen LogP contribution >= 0.6 is 11.6 Å². The van der Waals surface area contributed by atoms with Crippen molar-refractivity contribution in [1.82, 2.24) is 9.88 Å². The van der Waals surface area contributed by atoms with Crippen LogP contribution in [0.3, 0.4) is 0 Å². The number of nitrogens with zero attached hydrogens (tertiary/aromatic N) is 2. The first-order valence-corrected chi connectivity index (χ1v) is 5.61. The van der Waals surface area contributed by atoms with Crippen LogP contribution in [0, 0.1) is 6.92 Å². The topological polar surface area (TPSA) is 65.5 Å². The second-order valence-corrected chi connectivity index (χ2v) is 4.30. The number of carbonyl (C=O) groups is 1. The van der Waals surface area contributed by atoms with Crippen LogP contribution < -0.4 is 5.32 Å². The molecule has 1 aromatic rings. The molecule has 0 aliphatic carbocycles. The van der Waals surface area contributed by atoms with E-state index in [1.807, 2.05) is 0 Å². The van der Waals surface area contributed by atoms with Crippen LogP contribution in [-0.2, 0) is 0 Å². The van der Waals surface area contributed by atoms with Crippen molar-refractivity contribution in [3.05, 3.63) is 23.0 Å². The molecule has 2 N–H and O–H groups in total. The summed E-state index contributed by atoms with van der Waals surface area (Å²) < 4.78 is 0. The Morgan fingerprint density at radius 1 is 1.71 bits per heavy atom. The number of hydrogen-bond acceptors (Lipinski definition) is 3. The molecule has 1 atom stereocenters. The van der Waals surface area contributed by atoms with Crippen molar-refractivity contribution in [2.75, 3.05) is 18.9 Å². The predicted octanol–water partition coefficient (Wildman–Crippen LogP) is 1.89. The van der Waals surface area contributed by atoms with Gasteiger partial charge in [-0.1, -0.05) is 11.6 Å². The van der Waals surface area contributed by atoms with Crippen molar-refractivity contribution in [2.45, 2.75) is 20.0 Å². The third-order valence-corrected chi connectivity index (χ3v) is 2.67. The molecule has 94 valence electrons. The summed E-state index contributed by atoms with van der Waals surface area (Å²) in [6, 6.07) is 1.31. The molecule has 0 spiro atoms. The summed E-state index contributed by atoms with van der Waals surface area (Å²) in [7, 11) is 1.60. The third-order valence-electron chi connectivity index (χ3n) is 2.19. The number of aliphatic hydroxyl groups is 1. The molecule has 0 aliphatic rings. The summed E-state index contributed by atoms with van der Waals surface area (Å²) in [6.07, 6.45) is 1.01. The van der Waals surface area contributed by atoms with Gasteiger partial charge < -0.3 is 15.3 Å². The average molecular weight is 258 g/mol. The van der Waals surface area contributed by atoms with Crippen LogP contribution in [-0.4, -0.2) is 40.7 Å². The second kappa shape index (κ2) is 5.84. The van der Waals surface area contributed by atoms with E-state index >= 15 is 0 Å². The molecule has 0 aliphatic heterocycles. The van der Waals surface area contributed by atoms with Crippen molar-refractivity contribution >= 4 is 23.3 Å². The Morgan fingerprint density at radius 2 is 2.35 bits per heavy atom. The minimum absolute atomic E-state index is 0.257. The molecule has 0 fully saturated rings. The molecule has 0 saturated carbocycles. The smallest absolute Gasteiger partial charge is 0.321 e. The maximum Gasteiger partial charge on any atom is 0.321 e. The van der Waals surface area contributed by atoms with Crippen molar-refractivity contribution in [3.63, 3.8) is 0 Å². The fraction of sp³-hybridized carbons (Fsp3) is 0.455. The van der Waals surface area contributed by atoms with E-state index in [1.54, 1.807) is 33.2 Å². The zero-order valence-electron chi connectivity index (χ0n) is 10.1.